The van der Waals surface area contributed by atoms with Gasteiger partial charge in [-0.25, -0.2) is 0 Å². The molecule has 2 aliphatic heterocycles. The van der Waals surface area contributed by atoms with E-state index < -0.39 is 0 Å². The number of rotatable bonds is 5. The summed E-state index contributed by atoms with van der Waals surface area (Å²) in [5, 5.41) is 0. The molecule has 2 aliphatic rings. The third kappa shape index (κ3) is 4.33. The van der Waals surface area contributed by atoms with E-state index in [0.29, 0.717) is 5.92 Å². The number of ether oxygens (including phenoxy) is 1. The van der Waals surface area contributed by atoms with Crippen LogP contribution in [-0.2, 0) is 4.74 Å². The molecule has 2 fully saturated rings. The van der Waals surface area contributed by atoms with Crippen molar-refractivity contribution in [2.45, 2.75) is 25.2 Å². The van der Waals surface area contributed by atoms with Gasteiger partial charge in [-0.3, -0.25) is 4.98 Å². The van der Waals surface area contributed by atoms with Gasteiger partial charge in [-0.2, -0.15) is 0 Å². The Labute approximate surface area is 179 Å². The Balaban J connectivity index is 1.44. The number of piperidine rings is 1. The normalized spacial score (nSPS) is 22.3. The average Bonchev–Trinajstić information content (AvgIpc) is 3.33. The van der Waals surface area contributed by atoms with Crippen molar-refractivity contribution in [3.8, 4) is 22.4 Å². The maximum absolute atomic E-state index is 5.60. The number of likely N-dealkylation sites (tertiary alicyclic amines) is 1. The molecule has 3 nitrogen and oxygen atoms in total. The summed E-state index contributed by atoms with van der Waals surface area (Å²) in [7, 11) is 0. The zero-order chi connectivity index (χ0) is 20.2. The lowest BCUT2D eigenvalue weighted by Crippen LogP contribution is -2.37. The number of benzene rings is 2. The highest BCUT2D eigenvalue weighted by Crippen LogP contribution is 2.36. The van der Waals surface area contributed by atoms with Gasteiger partial charge >= 0.3 is 0 Å². The Morgan fingerprint density at radius 1 is 0.933 bits per heavy atom. The second-order valence-electron chi connectivity index (χ2n) is 8.71. The molecule has 2 saturated heterocycles. The van der Waals surface area contributed by atoms with Gasteiger partial charge in [0.15, 0.2) is 0 Å². The van der Waals surface area contributed by atoms with Crippen LogP contribution in [-0.4, -0.2) is 42.7 Å². The van der Waals surface area contributed by atoms with E-state index in [9.17, 15) is 0 Å². The molecule has 0 aliphatic carbocycles. The molecule has 0 radical (unpaired) electrons. The van der Waals surface area contributed by atoms with Crippen LogP contribution in [0.2, 0.25) is 0 Å². The third-order valence-electron chi connectivity index (χ3n) is 6.59. The summed E-state index contributed by atoms with van der Waals surface area (Å²) in [5.74, 6) is 1.32. The summed E-state index contributed by atoms with van der Waals surface area (Å²) < 4.78 is 5.60. The summed E-state index contributed by atoms with van der Waals surface area (Å²) in [5.41, 5.74) is 6.25. The van der Waals surface area contributed by atoms with Crippen molar-refractivity contribution in [1.29, 1.82) is 0 Å². The zero-order valence-electron chi connectivity index (χ0n) is 17.5. The number of pyridine rings is 1. The Morgan fingerprint density at radius 3 is 2.63 bits per heavy atom. The van der Waals surface area contributed by atoms with Crippen molar-refractivity contribution in [3.05, 3.63) is 78.5 Å². The van der Waals surface area contributed by atoms with Gasteiger partial charge in [-0.15, -0.1) is 0 Å². The number of hydrogen-bond acceptors (Lipinski definition) is 3. The van der Waals surface area contributed by atoms with Crippen LogP contribution in [0.4, 0.5) is 0 Å². The molecule has 3 heterocycles. The van der Waals surface area contributed by atoms with Crippen LogP contribution >= 0.6 is 0 Å². The van der Waals surface area contributed by atoms with Crippen molar-refractivity contribution in [2.24, 2.45) is 5.92 Å². The fourth-order valence-electron chi connectivity index (χ4n) is 5.00. The van der Waals surface area contributed by atoms with Crippen molar-refractivity contribution in [2.75, 3.05) is 32.8 Å². The highest BCUT2D eigenvalue weighted by molar-refractivity contribution is 5.82. The summed E-state index contributed by atoms with van der Waals surface area (Å²) in [6, 6.07) is 23.9. The second kappa shape index (κ2) is 9.11. The van der Waals surface area contributed by atoms with Crippen molar-refractivity contribution < 1.29 is 4.74 Å². The molecule has 5 rings (SSSR count). The van der Waals surface area contributed by atoms with Gasteiger partial charge in [-0.1, -0.05) is 54.6 Å². The number of aromatic nitrogens is 1. The lowest BCUT2D eigenvalue weighted by atomic mass is 9.86. The van der Waals surface area contributed by atoms with Crippen LogP contribution in [0.25, 0.3) is 22.4 Å². The van der Waals surface area contributed by atoms with E-state index in [1.54, 1.807) is 0 Å². The monoisotopic (exact) mass is 398 g/mol. The molecular weight excluding hydrogens is 368 g/mol. The first kappa shape index (κ1) is 19.5. The van der Waals surface area contributed by atoms with E-state index in [1.807, 2.05) is 12.3 Å². The van der Waals surface area contributed by atoms with Crippen molar-refractivity contribution in [3.63, 3.8) is 0 Å². The molecule has 3 aromatic rings. The Hall–Kier alpha value is -2.49. The molecule has 2 aromatic carbocycles. The molecule has 2 unspecified atom stereocenters. The maximum atomic E-state index is 5.60. The van der Waals surface area contributed by atoms with Gasteiger partial charge < -0.3 is 9.64 Å². The Morgan fingerprint density at radius 2 is 1.83 bits per heavy atom. The standard InChI is InChI=1S/C27H30N2O/c1-2-7-22(8-3-1)26-17-23(11-12-25(26)27-10-4-5-14-28-27)24-9-6-15-29(19-24)18-21-13-16-30-20-21/h1-5,7-8,10-12,14,17,21,24H,6,9,13,15-16,18-20H2. The van der Waals surface area contributed by atoms with Crippen LogP contribution in [0.1, 0.15) is 30.7 Å². The summed E-state index contributed by atoms with van der Waals surface area (Å²) in [6.45, 7) is 5.46. The summed E-state index contributed by atoms with van der Waals surface area (Å²) in [4.78, 5) is 7.30. The van der Waals surface area contributed by atoms with E-state index in [2.05, 4.69) is 70.5 Å². The molecule has 2 atom stereocenters. The molecule has 0 bridgehead atoms. The number of nitrogens with zero attached hydrogens (tertiary/aromatic N) is 2. The Bertz CT molecular complexity index is 951. The third-order valence-corrected chi connectivity index (χ3v) is 6.59. The van der Waals surface area contributed by atoms with Gasteiger partial charge in [0.2, 0.25) is 0 Å². The highest BCUT2D eigenvalue weighted by Gasteiger charge is 2.26. The maximum Gasteiger partial charge on any atom is 0.0708 e. The van der Waals surface area contributed by atoms with Crippen molar-refractivity contribution >= 4 is 0 Å². The quantitative estimate of drug-likeness (QED) is 0.557. The van der Waals surface area contributed by atoms with Gasteiger partial charge in [0.25, 0.3) is 0 Å². The number of hydrogen-bond donors (Lipinski definition) is 0. The molecule has 0 spiro atoms. The van der Waals surface area contributed by atoms with Crippen molar-refractivity contribution in [1.82, 2.24) is 9.88 Å². The van der Waals surface area contributed by atoms with Crippen LogP contribution in [0.3, 0.4) is 0 Å². The lowest BCUT2D eigenvalue weighted by Gasteiger charge is -2.34. The summed E-state index contributed by atoms with van der Waals surface area (Å²) in [6.07, 6.45) is 5.65. The van der Waals surface area contributed by atoms with Gasteiger partial charge in [-0.05, 0) is 66.5 Å². The van der Waals surface area contributed by atoms with Crippen LogP contribution in [0.5, 0.6) is 0 Å². The minimum absolute atomic E-state index is 0.598. The van der Waals surface area contributed by atoms with Gasteiger partial charge in [0.05, 0.1) is 12.3 Å². The molecule has 0 saturated carbocycles. The average molecular weight is 399 g/mol. The second-order valence-corrected chi connectivity index (χ2v) is 8.71. The molecule has 3 heteroatoms. The first-order valence-corrected chi connectivity index (χ1v) is 11.3. The summed E-state index contributed by atoms with van der Waals surface area (Å²) >= 11 is 0. The SMILES string of the molecule is c1ccc(-c2cc(C3CCCN(CC4CCOC4)C3)ccc2-c2ccccn2)cc1. The van der Waals surface area contributed by atoms with Gasteiger partial charge in [0, 0.05) is 31.5 Å². The fourth-order valence-corrected chi connectivity index (χ4v) is 5.00. The molecule has 154 valence electrons. The molecule has 1 aromatic heterocycles. The predicted octanol–water partition coefficient (Wildman–Crippen LogP) is 5.63. The van der Waals surface area contributed by atoms with E-state index >= 15 is 0 Å². The van der Waals surface area contributed by atoms with Crippen LogP contribution < -0.4 is 0 Å². The minimum Gasteiger partial charge on any atom is -0.381 e. The molecule has 0 N–H and O–H groups in total. The Kier molecular flexibility index (Phi) is 5.91. The molecule has 0 amide bonds. The van der Waals surface area contributed by atoms with E-state index in [1.165, 1.54) is 54.6 Å². The van der Waals surface area contributed by atoms with Crippen LogP contribution in [0.15, 0.2) is 72.9 Å². The topological polar surface area (TPSA) is 25.4 Å². The van der Waals surface area contributed by atoms with E-state index in [4.69, 9.17) is 4.74 Å². The van der Waals surface area contributed by atoms with E-state index in [0.717, 1.165) is 31.4 Å². The lowest BCUT2D eigenvalue weighted by molar-refractivity contribution is 0.150. The fraction of sp³-hybridized carbons (Fsp3) is 0.370. The zero-order valence-corrected chi connectivity index (χ0v) is 17.5. The highest BCUT2D eigenvalue weighted by atomic mass is 16.5. The van der Waals surface area contributed by atoms with Crippen LogP contribution in [0, 0.1) is 5.92 Å². The molecule has 30 heavy (non-hydrogen) atoms. The molecular formula is C27H30N2O. The van der Waals surface area contributed by atoms with Gasteiger partial charge in [0.1, 0.15) is 0 Å². The first-order valence-electron chi connectivity index (χ1n) is 11.3. The minimum atomic E-state index is 0.598. The largest absolute Gasteiger partial charge is 0.381 e. The van der Waals surface area contributed by atoms with E-state index in [-0.39, 0.29) is 0 Å². The predicted molar refractivity (Wildman–Crippen MR) is 122 cm³/mol. The first-order chi connectivity index (χ1) is 14.9. The smallest absolute Gasteiger partial charge is 0.0708 e.